The molecule has 0 bridgehead atoms. The fourth-order valence-electron chi connectivity index (χ4n) is 3.22. The smallest absolute Gasteiger partial charge is 0.228 e. The number of anilines is 2. The number of pyridine rings is 1. The van der Waals surface area contributed by atoms with Gasteiger partial charge in [0.2, 0.25) is 5.91 Å². The molecule has 1 saturated heterocycles. The minimum atomic E-state index is -0.105. The third-order valence-corrected chi connectivity index (χ3v) is 5.16. The number of nitrogens with one attached hydrogen (secondary N) is 1. The predicted molar refractivity (Wildman–Crippen MR) is 107 cm³/mol. The van der Waals surface area contributed by atoms with Gasteiger partial charge in [0, 0.05) is 40.9 Å². The van der Waals surface area contributed by atoms with Crippen LogP contribution in [-0.4, -0.2) is 29.8 Å². The highest BCUT2D eigenvalue weighted by Gasteiger charge is 2.27. The summed E-state index contributed by atoms with van der Waals surface area (Å²) in [6, 6.07) is 10.8. The average molecular weight is 427 g/mol. The van der Waals surface area contributed by atoms with E-state index < -0.39 is 0 Å². The van der Waals surface area contributed by atoms with E-state index in [0.29, 0.717) is 42.9 Å². The first-order chi connectivity index (χ1) is 13.0. The summed E-state index contributed by atoms with van der Waals surface area (Å²) < 4.78 is 0.856. The summed E-state index contributed by atoms with van der Waals surface area (Å²) in [6.07, 6.45) is 3.00. The van der Waals surface area contributed by atoms with Crippen LogP contribution in [0.3, 0.4) is 0 Å². The van der Waals surface area contributed by atoms with Crippen LogP contribution in [0.1, 0.15) is 35.7 Å². The average Bonchev–Trinajstić information content (AvgIpc) is 2.69. The van der Waals surface area contributed by atoms with Crippen LogP contribution in [-0.2, 0) is 4.79 Å². The van der Waals surface area contributed by atoms with Crippen LogP contribution in [0.25, 0.3) is 0 Å². The van der Waals surface area contributed by atoms with Crippen molar-refractivity contribution in [2.75, 3.05) is 23.3 Å². The Balaban J connectivity index is 1.67. The number of rotatable bonds is 4. The zero-order valence-electron chi connectivity index (χ0n) is 14.9. The van der Waals surface area contributed by atoms with Crippen LogP contribution >= 0.6 is 15.9 Å². The number of carbonyl (C=O) groups is 2. The van der Waals surface area contributed by atoms with Gasteiger partial charge < -0.3 is 10.2 Å². The van der Waals surface area contributed by atoms with Crippen molar-refractivity contribution < 1.29 is 9.59 Å². The Hall–Kier alpha value is -2.72. The quantitative estimate of drug-likeness (QED) is 0.751. The molecule has 7 heteroatoms. The lowest BCUT2D eigenvalue weighted by Crippen LogP contribution is -2.38. The summed E-state index contributed by atoms with van der Waals surface area (Å²) in [5.74, 6) is 0.357. The Kier molecular flexibility index (Phi) is 5.87. The van der Waals surface area contributed by atoms with E-state index in [1.54, 1.807) is 30.5 Å². The number of amides is 1. The van der Waals surface area contributed by atoms with Crippen molar-refractivity contribution in [3.8, 4) is 6.07 Å². The molecule has 2 heterocycles. The molecule has 1 aromatic heterocycles. The van der Waals surface area contributed by atoms with Crippen molar-refractivity contribution in [1.82, 2.24) is 4.98 Å². The minimum absolute atomic E-state index is 0.0318. The van der Waals surface area contributed by atoms with Crippen molar-refractivity contribution in [2.24, 2.45) is 5.92 Å². The van der Waals surface area contributed by atoms with Crippen molar-refractivity contribution in [2.45, 2.75) is 19.8 Å². The van der Waals surface area contributed by atoms with Crippen molar-refractivity contribution >= 4 is 39.1 Å². The molecule has 27 heavy (non-hydrogen) atoms. The molecule has 138 valence electrons. The first-order valence-electron chi connectivity index (χ1n) is 8.70. The topological polar surface area (TPSA) is 86.1 Å². The van der Waals surface area contributed by atoms with E-state index in [1.807, 2.05) is 6.07 Å². The van der Waals surface area contributed by atoms with E-state index in [2.05, 4.69) is 37.2 Å². The van der Waals surface area contributed by atoms with Crippen molar-refractivity contribution in [3.63, 3.8) is 0 Å². The molecule has 6 nitrogen and oxygen atoms in total. The van der Waals surface area contributed by atoms with Crippen LogP contribution in [0.15, 0.2) is 41.0 Å². The molecule has 1 aromatic carbocycles. The number of Topliss-reactive ketones (excluding diaryl/α,β-unsaturated/α-hetero) is 1. The monoisotopic (exact) mass is 426 g/mol. The summed E-state index contributed by atoms with van der Waals surface area (Å²) in [5.41, 5.74) is 1.90. The Morgan fingerprint density at radius 1 is 1.26 bits per heavy atom. The molecule has 0 radical (unpaired) electrons. The van der Waals surface area contributed by atoms with Gasteiger partial charge in [-0.2, -0.15) is 5.26 Å². The zero-order chi connectivity index (χ0) is 19.4. The van der Waals surface area contributed by atoms with Crippen LogP contribution in [0.2, 0.25) is 0 Å². The Labute approximate surface area is 166 Å². The lowest BCUT2D eigenvalue weighted by molar-refractivity contribution is -0.120. The summed E-state index contributed by atoms with van der Waals surface area (Å²) in [7, 11) is 0. The van der Waals surface area contributed by atoms with Gasteiger partial charge in [0.05, 0.1) is 11.6 Å². The van der Waals surface area contributed by atoms with Gasteiger partial charge in [0.25, 0.3) is 0 Å². The molecular weight excluding hydrogens is 408 g/mol. The van der Waals surface area contributed by atoms with Crippen molar-refractivity contribution in [1.29, 1.82) is 5.26 Å². The number of nitriles is 1. The van der Waals surface area contributed by atoms with Gasteiger partial charge in [-0.05, 0) is 66.0 Å². The molecule has 0 atom stereocenters. The molecule has 0 saturated carbocycles. The largest absolute Gasteiger partial charge is 0.371 e. The first kappa shape index (κ1) is 19.1. The van der Waals surface area contributed by atoms with Crippen LogP contribution in [0.4, 0.5) is 11.5 Å². The Morgan fingerprint density at radius 2 is 2.00 bits per heavy atom. The predicted octanol–water partition coefficient (Wildman–Crippen LogP) is 3.77. The number of hydrogen-bond acceptors (Lipinski definition) is 5. The lowest BCUT2D eigenvalue weighted by Gasteiger charge is -2.34. The van der Waals surface area contributed by atoms with Crippen LogP contribution in [0.5, 0.6) is 0 Å². The molecule has 1 fully saturated rings. The van der Waals surface area contributed by atoms with Gasteiger partial charge >= 0.3 is 0 Å². The molecule has 0 aliphatic carbocycles. The molecular formula is C20H19BrN4O2. The van der Waals surface area contributed by atoms with Gasteiger partial charge in [0.1, 0.15) is 5.82 Å². The number of piperidine rings is 1. The van der Waals surface area contributed by atoms with E-state index in [1.165, 1.54) is 6.92 Å². The maximum atomic E-state index is 12.5. The van der Waals surface area contributed by atoms with E-state index in [9.17, 15) is 9.59 Å². The molecule has 3 rings (SSSR count). The zero-order valence-corrected chi connectivity index (χ0v) is 16.5. The number of nitrogens with zero attached hydrogens (tertiary/aromatic N) is 3. The van der Waals surface area contributed by atoms with E-state index in [4.69, 9.17) is 5.26 Å². The number of halogens is 1. The fourth-order valence-corrected chi connectivity index (χ4v) is 3.46. The highest BCUT2D eigenvalue weighted by atomic mass is 79.9. The summed E-state index contributed by atoms with van der Waals surface area (Å²) >= 11 is 3.32. The van der Waals surface area contributed by atoms with Crippen LogP contribution < -0.4 is 10.2 Å². The molecule has 0 spiro atoms. The molecule has 1 N–H and O–H groups in total. The molecule has 1 aliphatic rings. The second-order valence-electron chi connectivity index (χ2n) is 6.51. The van der Waals surface area contributed by atoms with E-state index in [0.717, 1.165) is 10.2 Å². The van der Waals surface area contributed by atoms with Crippen molar-refractivity contribution in [3.05, 3.63) is 52.1 Å². The SMILES string of the molecule is CC(=O)c1ccc(C#N)cc1N1CCC(C(=O)Nc2ccc(Br)cn2)CC1. The summed E-state index contributed by atoms with van der Waals surface area (Å²) in [4.78, 5) is 30.7. The molecule has 1 amide bonds. The molecule has 1 aliphatic heterocycles. The first-order valence-corrected chi connectivity index (χ1v) is 9.49. The Morgan fingerprint density at radius 3 is 2.59 bits per heavy atom. The Bertz CT molecular complexity index is 897. The highest BCUT2D eigenvalue weighted by Crippen LogP contribution is 2.28. The van der Waals surface area contributed by atoms with Gasteiger partial charge in [-0.1, -0.05) is 0 Å². The second kappa shape index (κ2) is 8.31. The van der Waals surface area contributed by atoms with Crippen LogP contribution in [0, 0.1) is 17.2 Å². The third-order valence-electron chi connectivity index (χ3n) is 4.69. The lowest BCUT2D eigenvalue weighted by atomic mass is 9.94. The second-order valence-corrected chi connectivity index (χ2v) is 7.43. The maximum absolute atomic E-state index is 12.5. The number of ketones is 1. The van der Waals surface area contributed by atoms with Gasteiger partial charge in [0.15, 0.2) is 5.78 Å². The van der Waals surface area contributed by atoms with Gasteiger partial charge in [-0.25, -0.2) is 4.98 Å². The summed E-state index contributed by atoms with van der Waals surface area (Å²) in [5, 5.41) is 12.0. The standard InChI is InChI=1S/C20H19BrN4O2/c1-13(26)17-4-2-14(11-22)10-18(17)25-8-6-15(7-9-25)20(27)24-19-5-3-16(21)12-23-19/h2-5,10,12,15H,6-9H2,1H3,(H,23,24,27). The number of benzene rings is 1. The third kappa shape index (κ3) is 4.52. The summed E-state index contributed by atoms with van der Waals surface area (Å²) in [6.45, 7) is 2.83. The number of hydrogen-bond donors (Lipinski definition) is 1. The fraction of sp³-hybridized carbons (Fsp3) is 0.300. The highest BCUT2D eigenvalue weighted by molar-refractivity contribution is 9.10. The van der Waals surface area contributed by atoms with Gasteiger partial charge in [-0.3, -0.25) is 9.59 Å². The van der Waals surface area contributed by atoms with E-state index in [-0.39, 0.29) is 17.6 Å². The molecule has 2 aromatic rings. The number of carbonyl (C=O) groups excluding carboxylic acids is 2. The van der Waals surface area contributed by atoms with Gasteiger partial charge in [-0.15, -0.1) is 0 Å². The minimum Gasteiger partial charge on any atom is -0.371 e. The molecule has 0 unspecified atom stereocenters. The normalized spacial score (nSPS) is 14.5. The number of aromatic nitrogens is 1. The maximum Gasteiger partial charge on any atom is 0.228 e. The van der Waals surface area contributed by atoms with E-state index >= 15 is 0 Å².